The van der Waals surface area contributed by atoms with E-state index in [2.05, 4.69) is 10.1 Å². The summed E-state index contributed by atoms with van der Waals surface area (Å²) in [4.78, 5) is 4.69. The maximum atomic E-state index is 13.4. The Balaban J connectivity index is 1.79. The highest BCUT2D eigenvalue weighted by molar-refractivity contribution is 7.92. The van der Waals surface area contributed by atoms with Crippen molar-refractivity contribution in [3.63, 3.8) is 0 Å². The van der Waals surface area contributed by atoms with Crippen LogP contribution in [0.5, 0.6) is 0 Å². The molecule has 0 spiro atoms. The van der Waals surface area contributed by atoms with Crippen molar-refractivity contribution in [2.45, 2.75) is 60.1 Å². The van der Waals surface area contributed by atoms with Gasteiger partial charge in [-0.3, -0.25) is 0 Å². The van der Waals surface area contributed by atoms with E-state index in [4.69, 9.17) is 21.9 Å². The maximum Gasteiger partial charge on any atom is 0.248 e. The summed E-state index contributed by atoms with van der Waals surface area (Å²) in [6.07, 6.45) is 5.16. The van der Waals surface area contributed by atoms with E-state index in [1.807, 2.05) is 0 Å². The zero-order valence-electron chi connectivity index (χ0n) is 13.7. The van der Waals surface area contributed by atoms with Crippen molar-refractivity contribution in [2.75, 3.05) is 0 Å². The van der Waals surface area contributed by atoms with Gasteiger partial charge in [0.1, 0.15) is 0 Å². The third-order valence-corrected chi connectivity index (χ3v) is 8.31. The number of halogens is 1. The van der Waals surface area contributed by atoms with Crippen LogP contribution in [0.25, 0.3) is 0 Å². The molecule has 25 heavy (non-hydrogen) atoms. The first-order valence-corrected chi connectivity index (χ1v) is 10.4. The molecule has 4 rings (SSSR count). The number of rotatable bonds is 4. The van der Waals surface area contributed by atoms with Crippen molar-refractivity contribution in [2.24, 2.45) is 5.73 Å². The molecule has 1 aromatic carbocycles. The molecule has 0 amide bonds. The van der Waals surface area contributed by atoms with Gasteiger partial charge in [0.2, 0.25) is 5.89 Å². The second-order valence-corrected chi connectivity index (χ2v) is 9.79. The van der Waals surface area contributed by atoms with Crippen molar-refractivity contribution in [3.8, 4) is 0 Å². The summed E-state index contributed by atoms with van der Waals surface area (Å²) in [6, 6.07) is 6.23. The van der Waals surface area contributed by atoms with Gasteiger partial charge in [0.15, 0.2) is 20.4 Å². The first kappa shape index (κ1) is 17.0. The zero-order chi connectivity index (χ0) is 17.7. The summed E-state index contributed by atoms with van der Waals surface area (Å²) in [5, 5.41) is 4.52. The molecular weight excluding hydrogens is 362 g/mol. The van der Waals surface area contributed by atoms with Crippen LogP contribution in [0.1, 0.15) is 56.7 Å². The molecule has 1 heterocycles. The van der Waals surface area contributed by atoms with Crippen LogP contribution >= 0.6 is 11.6 Å². The zero-order valence-corrected chi connectivity index (χ0v) is 15.3. The largest absolute Gasteiger partial charge is 0.338 e. The number of nitrogens with zero attached hydrogens (tertiary/aromatic N) is 2. The van der Waals surface area contributed by atoms with Gasteiger partial charge >= 0.3 is 0 Å². The Labute approximate surface area is 151 Å². The lowest BCUT2D eigenvalue weighted by atomic mass is 9.77. The number of aromatic nitrogens is 2. The number of nitrogens with two attached hydrogens (primary N) is 1. The lowest BCUT2D eigenvalue weighted by molar-refractivity contribution is 0.228. The van der Waals surface area contributed by atoms with Crippen LogP contribution in [-0.2, 0) is 20.1 Å². The number of benzene rings is 1. The van der Waals surface area contributed by atoms with Gasteiger partial charge in [0, 0.05) is 5.02 Å². The Bertz CT molecular complexity index is 882. The Morgan fingerprint density at radius 1 is 1.04 bits per heavy atom. The monoisotopic (exact) mass is 381 g/mol. The van der Waals surface area contributed by atoms with Gasteiger partial charge < -0.3 is 10.3 Å². The molecule has 2 aliphatic rings. The van der Waals surface area contributed by atoms with E-state index >= 15 is 0 Å². The molecule has 2 aliphatic carbocycles. The van der Waals surface area contributed by atoms with Crippen LogP contribution in [0.3, 0.4) is 0 Å². The molecule has 2 N–H and O–H groups in total. The normalized spacial score (nSPS) is 21.8. The minimum Gasteiger partial charge on any atom is -0.338 e. The van der Waals surface area contributed by atoms with Gasteiger partial charge in [-0.25, -0.2) is 8.42 Å². The highest BCUT2D eigenvalue weighted by Crippen LogP contribution is 2.48. The Kier molecular flexibility index (Phi) is 3.94. The second-order valence-electron chi connectivity index (χ2n) is 7.09. The van der Waals surface area contributed by atoms with Crippen LogP contribution in [-0.4, -0.2) is 18.6 Å². The topological polar surface area (TPSA) is 99.1 Å². The average molecular weight is 382 g/mol. The lowest BCUT2D eigenvalue weighted by Crippen LogP contribution is -2.44. The van der Waals surface area contributed by atoms with Gasteiger partial charge in [-0.15, -0.1) is 0 Å². The van der Waals surface area contributed by atoms with Gasteiger partial charge in [0.05, 0.1) is 10.4 Å². The van der Waals surface area contributed by atoms with Crippen molar-refractivity contribution in [1.82, 2.24) is 10.1 Å². The quantitative estimate of drug-likeness (QED) is 0.872. The summed E-state index contributed by atoms with van der Waals surface area (Å²) in [5.41, 5.74) is 5.69. The number of sulfone groups is 1. The van der Waals surface area contributed by atoms with Crippen molar-refractivity contribution in [3.05, 3.63) is 41.0 Å². The summed E-state index contributed by atoms with van der Waals surface area (Å²) < 4.78 is 31.1. The van der Waals surface area contributed by atoms with Crippen LogP contribution in [0, 0.1) is 0 Å². The van der Waals surface area contributed by atoms with Crippen molar-refractivity contribution >= 4 is 21.4 Å². The van der Waals surface area contributed by atoms with Crippen LogP contribution in [0.4, 0.5) is 0 Å². The molecule has 0 unspecified atom stereocenters. The molecule has 1 aromatic heterocycles. The maximum absolute atomic E-state index is 13.4. The summed E-state index contributed by atoms with van der Waals surface area (Å²) in [7, 11) is -3.69. The third kappa shape index (κ3) is 2.52. The first-order chi connectivity index (χ1) is 11.9. The average Bonchev–Trinajstić information content (AvgIpc) is 3.23. The van der Waals surface area contributed by atoms with Crippen LogP contribution < -0.4 is 5.73 Å². The first-order valence-electron chi connectivity index (χ1n) is 8.51. The molecule has 0 bridgehead atoms. The molecule has 0 radical (unpaired) electrons. The fourth-order valence-corrected chi connectivity index (χ4v) is 5.99. The number of hydrogen-bond acceptors (Lipinski definition) is 6. The fourth-order valence-electron chi connectivity index (χ4n) is 3.78. The van der Waals surface area contributed by atoms with E-state index in [0.29, 0.717) is 23.7 Å². The van der Waals surface area contributed by atoms with Crippen LogP contribution in [0.15, 0.2) is 33.7 Å². The molecule has 6 nitrogen and oxygen atoms in total. The predicted molar refractivity (Wildman–Crippen MR) is 92.8 cm³/mol. The van der Waals surface area contributed by atoms with Crippen LogP contribution in [0.2, 0.25) is 5.02 Å². The SMILES string of the molecule is NC1(c2noc(C3(S(=O)(=O)c4ccc(Cl)cc4)CCCC3)n2)CCC1. The molecule has 8 heteroatoms. The smallest absolute Gasteiger partial charge is 0.248 e. The summed E-state index contributed by atoms with van der Waals surface area (Å²) in [6.45, 7) is 0. The van der Waals surface area contributed by atoms with Crippen molar-refractivity contribution < 1.29 is 12.9 Å². The third-order valence-electron chi connectivity index (χ3n) is 5.56. The summed E-state index contributed by atoms with van der Waals surface area (Å²) in [5.74, 6) is 0.595. The minimum atomic E-state index is -3.69. The Hall–Kier alpha value is -1.44. The van der Waals surface area contributed by atoms with Gasteiger partial charge in [0.25, 0.3) is 0 Å². The Morgan fingerprint density at radius 3 is 2.24 bits per heavy atom. The van der Waals surface area contributed by atoms with Crippen molar-refractivity contribution in [1.29, 1.82) is 0 Å². The lowest BCUT2D eigenvalue weighted by Gasteiger charge is -2.34. The van der Waals surface area contributed by atoms with Gasteiger partial charge in [-0.05, 0) is 56.4 Å². The summed E-state index contributed by atoms with van der Waals surface area (Å²) >= 11 is 5.90. The Morgan fingerprint density at radius 2 is 1.68 bits per heavy atom. The second kappa shape index (κ2) is 5.79. The van der Waals surface area contributed by atoms with E-state index in [0.717, 1.165) is 32.1 Å². The minimum absolute atomic E-state index is 0.173. The predicted octanol–water partition coefficient (Wildman–Crippen LogP) is 3.30. The number of hydrogen-bond donors (Lipinski definition) is 1. The highest BCUT2D eigenvalue weighted by Gasteiger charge is 2.53. The molecule has 134 valence electrons. The van der Waals surface area contributed by atoms with Gasteiger partial charge in [-0.2, -0.15) is 4.98 Å². The fraction of sp³-hybridized carbons (Fsp3) is 0.529. The highest BCUT2D eigenvalue weighted by atomic mass is 35.5. The van der Waals surface area contributed by atoms with E-state index in [1.165, 1.54) is 12.1 Å². The molecule has 2 aromatic rings. The molecule has 0 aliphatic heterocycles. The molecule has 2 fully saturated rings. The standard InChI is InChI=1S/C17H20ClN3O3S/c18-12-4-6-13(7-5-12)25(22,23)17(10-1-2-11-17)15-20-14(21-24-15)16(19)8-3-9-16/h4-7H,1-3,8-11,19H2. The molecular formula is C17H20ClN3O3S. The van der Waals surface area contributed by atoms with Gasteiger partial charge in [-0.1, -0.05) is 29.6 Å². The van der Waals surface area contributed by atoms with E-state index in [1.54, 1.807) is 12.1 Å². The van der Waals surface area contributed by atoms with E-state index in [-0.39, 0.29) is 10.8 Å². The molecule has 2 saturated carbocycles. The van der Waals surface area contributed by atoms with E-state index < -0.39 is 20.1 Å². The molecule has 0 saturated heterocycles. The van der Waals surface area contributed by atoms with E-state index in [9.17, 15) is 8.42 Å². The molecule has 0 atom stereocenters.